The largest absolute Gasteiger partial charge is 0.322 e. The summed E-state index contributed by atoms with van der Waals surface area (Å²) in [5, 5.41) is 4.46. The van der Waals surface area contributed by atoms with E-state index in [-0.39, 0.29) is 5.56 Å². The molecule has 0 bridgehead atoms. The number of aryl methyl sites for hydroxylation is 1. The maximum atomic E-state index is 12.4. The van der Waals surface area contributed by atoms with Crippen LogP contribution in [0.4, 0.5) is 0 Å². The molecule has 0 saturated carbocycles. The molecule has 1 aromatic carbocycles. The molecule has 0 aliphatic heterocycles. The number of aromatic nitrogens is 2. The third-order valence-corrected chi connectivity index (χ3v) is 3.84. The van der Waals surface area contributed by atoms with Gasteiger partial charge < -0.3 is 5.73 Å². The number of nitrogens with two attached hydrogens (primary N) is 1. The average Bonchev–Trinajstić information content (AvgIpc) is 2.46. The Morgan fingerprint density at radius 2 is 1.82 bits per heavy atom. The van der Waals surface area contributed by atoms with Crippen molar-refractivity contribution in [1.82, 2.24) is 9.78 Å². The summed E-state index contributed by atoms with van der Waals surface area (Å²) in [7, 11) is 0. The zero-order chi connectivity index (χ0) is 16.5. The Hall–Kier alpha value is -1.94. The normalized spacial score (nSPS) is 12.0. The predicted octanol–water partition coefficient (Wildman–Crippen LogP) is 3.25. The molecule has 4 heteroatoms. The number of hydrogen-bond donors (Lipinski definition) is 1. The SMILES string of the molecule is CCn1nc(-c2ccc(C(C)C)cc2)cc(C(C)(C)N)c1=O. The van der Waals surface area contributed by atoms with Gasteiger partial charge in [0.15, 0.2) is 0 Å². The zero-order valence-corrected chi connectivity index (χ0v) is 14.1. The second-order valence-corrected chi connectivity index (χ2v) is 6.56. The molecule has 0 aliphatic rings. The van der Waals surface area contributed by atoms with Gasteiger partial charge in [0, 0.05) is 23.2 Å². The summed E-state index contributed by atoms with van der Waals surface area (Å²) in [5.41, 5.74) is 9.00. The van der Waals surface area contributed by atoms with Gasteiger partial charge in [-0.25, -0.2) is 4.68 Å². The van der Waals surface area contributed by atoms with Crippen LogP contribution >= 0.6 is 0 Å². The lowest BCUT2D eigenvalue weighted by Crippen LogP contribution is -2.39. The molecule has 22 heavy (non-hydrogen) atoms. The van der Waals surface area contributed by atoms with Crippen molar-refractivity contribution in [1.29, 1.82) is 0 Å². The lowest BCUT2D eigenvalue weighted by Gasteiger charge is -2.20. The average molecular weight is 299 g/mol. The lowest BCUT2D eigenvalue weighted by atomic mass is 9.95. The highest BCUT2D eigenvalue weighted by molar-refractivity contribution is 5.60. The van der Waals surface area contributed by atoms with Crippen LogP contribution in [0.2, 0.25) is 0 Å². The van der Waals surface area contributed by atoms with Crippen molar-refractivity contribution < 1.29 is 0 Å². The smallest absolute Gasteiger partial charge is 0.271 e. The minimum atomic E-state index is -0.691. The highest BCUT2D eigenvalue weighted by Gasteiger charge is 2.21. The fourth-order valence-electron chi connectivity index (χ4n) is 2.40. The van der Waals surface area contributed by atoms with E-state index in [1.165, 1.54) is 10.2 Å². The van der Waals surface area contributed by atoms with Gasteiger partial charge in [-0.3, -0.25) is 4.79 Å². The van der Waals surface area contributed by atoms with Gasteiger partial charge in [-0.15, -0.1) is 0 Å². The Kier molecular flexibility index (Phi) is 4.52. The molecule has 0 saturated heterocycles. The van der Waals surface area contributed by atoms with Gasteiger partial charge in [0.25, 0.3) is 5.56 Å². The minimum absolute atomic E-state index is 0.113. The lowest BCUT2D eigenvalue weighted by molar-refractivity contribution is 0.519. The molecule has 118 valence electrons. The Morgan fingerprint density at radius 1 is 1.23 bits per heavy atom. The number of hydrogen-bond acceptors (Lipinski definition) is 3. The maximum Gasteiger partial charge on any atom is 0.271 e. The van der Waals surface area contributed by atoms with Crippen LogP contribution in [0.1, 0.15) is 51.7 Å². The van der Waals surface area contributed by atoms with E-state index in [2.05, 4.69) is 43.2 Å². The van der Waals surface area contributed by atoms with Crippen LogP contribution in [0.3, 0.4) is 0 Å². The molecule has 1 aromatic heterocycles. The van der Waals surface area contributed by atoms with Crippen LogP contribution in [0, 0.1) is 0 Å². The summed E-state index contributed by atoms with van der Waals surface area (Å²) >= 11 is 0. The summed E-state index contributed by atoms with van der Waals surface area (Å²) in [6, 6.07) is 10.1. The van der Waals surface area contributed by atoms with E-state index in [0.29, 0.717) is 18.0 Å². The molecule has 2 aromatic rings. The van der Waals surface area contributed by atoms with Gasteiger partial charge >= 0.3 is 0 Å². The van der Waals surface area contributed by atoms with Gasteiger partial charge in [0.05, 0.1) is 5.69 Å². The van der Waals surface area contributed by atoms with Gasteiger partial charge in [-0.05, 0) is 38.3 Å². The molecule has 4 nitrogen and oxygen atoms in total. The molecular weight excluding hydrogens is 274 g/mol. The molecule has 0 amide bonds. The first-order chi connectivity index (χ1) is 10.2. The Morgan fingerprint density at radius 3 is 2.27 bits per heavy atom. The molecule has 2 rings (SSSR count). The molecule has 0 fully saturated rings. The van der Waals surface area contributed by atoms with Crippen LogP contribution in [-0.4, -0.2) is 9.78 Å². The summed E-state index contributed by atoms with van der Waals surface area (Å²) in [4.78, 5) is 12.4. The second-order valence-electron chi connectivity index (χ2n) is 6.56. The predicted molar refractivity (Wildman–Crippen MR) is 90.9 cm³/mol. The van der Waals surface area contributed by atoms with Crippen molar-refractivity contribution in [2.24, 2.45) is 5.73 Å². The van der Waals surface area contributed by atoms with Crippen molar-refractivity contribution in [2.75, 3.05) is 0 Å². The summed E-state index contributed by atoms with van der Waals surface area (Å²) in [6.45, 7) is 10.5. The topological polar surface area (TPSA) is 60.9 Å². The first-order valence-corrected chi connectivity index (χ1v) is 7.76. The first-order valence-electron chi connectivity index (χ1n) is 7.76. The van der Waals surface area contributed by atoms with E-state index < -0.39 is 5.54 Å². The van der Waals surface area contributed by atoms with Gasteiger partial charge in [0.2, 0.25) is 0 Å². The first kappa shape index (κ1) is 16.4. The summed E-state index contributed by atoms with van der Waals surface area (Å²) in [6.07, 6.45) is 0. The molecule has 0 atom stereocenters. The number of nitrogens with zero attached hydrogens (tertiary/aromatic N) is 2. The van der Waals surface area contributed by atoms with Gasteiger partial charge in [-0.1, -0.05) is 38.1 Å². The third-order valence-electron chi connectivity index (χ3n) is 3.84. The maximum absolute atomic E-state index is 12.4. The summed E-state index contributed by atoms with van der Waals surface area (Å²) in [5.74, 6) is 0.491. The molecular formula is C18H25N3O. The Bertz CT molecular complexity index is 707. The van der Waals surface area contributed by atoms with E-state index in [9.17, 15) is 4.79 Å². The van der Waals surface area contributed by atoms with Crippen LogP contribution in [0.25, 0.3) is 11.3 Å². The van der Waals surface area contributed by atoms with E-state index in [4.69, 9.17) is 5.73 Å². The molecule has 0 spiro atoms. The molecule has 0 aliphatic carbocycles. The minimum Gasteiger partial charge on any atom is -0.322 e. The van der Waals surface area contributed by atoms with Crippen molar-refractivity contribution >= 4 is 0 Å². The monoisotopic (exact) mass is 299 g/mol. The fourth-order valence-corrected chi connectivity index (χ4v) is 2.40. The van der Waals surface area contributed by atoms with Crippen LogP contribution in [0.15, 0.2) is 35.1 Å². The highest BCUT2D eigenvalue weighted by atomic mass is 16.1. The molecule has 0 unspecified atom stereocenters. The standard InChI is InChI=1S/C18H25N3O/c1-6-21-17(22)15(18(4,5)19)11-16(20-21)14-9-7-13(8-10-14)12(2)3/h7-12H,6,19H2,1-5H3. The van der Waals surface area contributed by atoms with Gasteiger partial charge in [-0.2, -0.15) is 5.10 Å². The molecule has 2 N–H and O–H groups in total. The zero-order valence-electron chi connectivity index (χ0n) is 14.1. The molecule has 0 radical (unpaired) electrons. The van der Waals surface area contributed by atoms with Crippen molar-refractivity contribution in [3.8, 4) is 11.3 Å². The number of rotatable bonds is 4. The van der Waals surface area contributed by atoms with Crippen molar-refractivity contribution in [3.63, 3.8) is 0 Å². The van der Waals surface area contributed by atoms with Crippen LogP contribution < -0.4 is 11.3 Å². The Labute approximate surface area is 132 Å². The van der Waals surface area contributed by atoms with E-state index in [1.54, 1.807) is 0 Å². The van der Waals surface area contributed by atoms with Crippen LogP contribution in [-0.2, 0) is 12.1 Å². The van der Waals surface area contributed by atoms with Crippen molar-refractivity contribution in [2.45, 2.75) is 52.6 Å². The highest BCUT2D eigenvalue weighted by Crippen LogP contribution is 2.23. The van der Waals surface area contributed by atoms with E-state index in [0.717, 1.165) is 11.3 Å². The fraction of sp³-hybridized carbons (Fsp3) is 0.444. The molecule has 1 heterocycles. The van der Waals surface area contributed by atoms with Gasteiger partial charge in [0.1, 0.15) is 0 Å². The third kappa shape index (κ3) is 3.28. The quantitative estimate of drug-likeness (QED) is 0.942. The van der Waals surface area contributed by atoms with E-state index >= 15 is 0 Å². The number of benzene rings is 1. The van der Waals surface area contributed by atoms with Crippen LogP contribution in [0.5, 0.6) is 0 Å². The second kappa shape index (κ2) is 6.05. The summed E-state index contributed by atoms with van der Waals surface area (Å²) < 4.78 is 1.48. The Balaban J connectivity index is 2.58. The van der Waals surface area contributed by atoms with Crippen molar-refractivity contribution in [3.05, 3.63) is 51.8 Å². The van der Waals surface area contributed by atoms with E-state index in [1.807, 2.05) is 26.8 Å².